The van der Waals surface area contributed by atoms with Crippen LogP contribution >= 0.6 is 11.6 Å². The van der Waals surface area contributed by atoms with E-state index in [1.807, 2.05) is 0 Å². The van der Waals surface area contributed by atoms with E-state index in [0.717, 1.165) is 0 Å². The minimum absolute atomic E-state index is 0.0984. The van der Waals surface area contributed by atoms with Crippen LogP contribution in [0.4, 0.5) is 5.95 Å². The van der Waals surface area contributed by atoms with Crippen LogP contribution in [-0.4, -0.2) is 24.9 Å². The molecule has 0 amide bonds. The van der Waals surface area contributed by atoms with Gasteiger partial charge >= 0.3 is 0 Å². The lowest BCUT2D eigenvalue weighted by Gasteiger charge is -2.02. The smallest absolute Gasteiger partial charge is 0.222 e. The molecule has 0 atom stereocenters. The maximum atomic E-state index is 9.94. The third kappa shape index (κ3) is 1.86. The van der Waals surface area contributed by atoms with Crippen molar-refractivity contribution in [1.82, 2.24) is 19.7 Å². The van der Waals surface area contributed by atoms with Gasteiger partial charge in [0.05, 0.1) is 5.39 Å². The van der Waals surface area contributed by atoms with E-state index in [2.05, 4.69) is 15.1 Å². The normalized spacial score (nSPS) is 11.1. The predicted octanol–water partition coefficient (Wildman–Crippen LogP) is 1.97. The Labute approximate surface area is 113 Å². The Balaban J connectivity index is 2.34. The van der Waals surface area contributed by atoms with Crippen LogP contribution in [0.5, 0.6) is 5.75 Å². The van der Waals surface area contributed by atoms with Gasteiger partial charge in [0, 0.05) is 23.8 Å². The van der Waals surface area contributed by atoms with Crippen LogP contribution in [0.25, 0.3) is 22.3 Å². The Morgan fingerprint density at radius 1 is 1.37 bits per heavy atom. The Morgan fingerprint density at radius 2 is 2.16 bits per heavy atom. The van der Waals surface area contributed by atoms with Crippen LogP contribution in [0, 0.1) is 0 Å². The molecule has 1 aromatic carbocycles. The number of nitrogen functional groups attached to an aromatic ring is 1. The minimum Gasteiger partial charge on any atom is -0.507 e. The van der Waals surface area contributed by atoms with Crippen LogP contribution in [0.2, 0.25) is 5.02 Å². The number of hydrogen-bond acceptors (Lipinski definition) is 5. The minimum atomic E-state index is 0.0984. The predicted molar refractivity (Wildman–Crippen MR) is 72.8 cm³/mol. The molecule has 96 valence electrons. The van der Waals surface area contributed by atoms with Crippen molar-refractivity contribution in [3.05, 3.63) is 29.4 Å². The molecule has 0 saturated heterocycles. The van der Waals surface area contributed by atoms with Gasteiger partial charge < -0.3 is 10.8 Å². The first-order chi connectivity index (χ1) is 9.06. The number of benzene rings is 1. The fourth-order valence-electron chi connectivity index (χ4n) is 1.95. The van der Waals surface area contributed by atoms with Gasteiger partial charge in [0.2, 0.25) is 5.95 Å². The molecule has 19 heavy (non-hydrogen) atoms. The molecule has 0 fully saturated rings. The van der Waals surface area contributed by atoms with Crippen LogP contribution in [0.1, 0.15) is 0 Å². The van der Waals surface area contributed by atoms with Gasteiger partial charge in [-0.2, -0.15) is 10.1 Å². The van der Waals surface area contributed by atoms with Gasteiger partial charge in [-0.05, 0) is 18.2 Å². The Bertz CT molecular complexity index is 783. The number of aryl methyl sites for hydroxylation is 1. The third-order valence-corrected chi connectivity index (χ3v) is 3.05. The molecule has 0 saturated carbocycles. The number of phenols is 1. The van der Waals surface area contributed by atoms with Crippen molar-refractivity contribution in [3.63, 3.8) is 0 Å². The Hall–Kier alpha value is -2.34. The average Bonchev–Trinajstić information content (AvgIpc) is 2.69. The van der Waals surface area contributed by atoms with Crippen molar-refractivity contribution in [2.24, 2.45) is 7.05 Å². The molecule has 0 aliphatic carbocycles. The number of nitrogens with zero attached hydrogens (tertiary/aromatic N) is 4. The molecule has 6 nitrogen and oxygen atoms in total. The maximum absolute atomic E-state index is 9.94. The van der Waals surface area contributed by atoms with E-state index in [1.165, 1.54) is 6.07 Å². The van der Waals surface area contributed by atoms with Crippen molar-refractivity contribution in [2.45, 2.75) is 0 Å². The first kappa shape index (κ1) is 11.7. The van der Waals surface area contributed by atoms with Crippen LogP contribution in [-0.2, 0) is 7.05 Å². The summed E-state index contributed by atoms with van der Waals surface area (Å²) in [6.45, 7) is 0. The van der Waals surface area contributed by atoms with Crippen molar-refractivity contribution < 1.29 is 5.11 Å². The molecule has 0 unspecified atom stereocenters. The molecule has 0 spiro atoms. The average molecular weight is 276 g/mol. The number of fused-ring (bicyclic) bond motifs is 1. The quantitative estimate of drug-likeness (QED) is 0.709. The van der Waals surface area contributed by atoms with Gasteiger partial charge in [-0.25, -0.2) is 9.67 Å². The summed E-state index contributed by atoms with van der Waals surface area (Å²) in [6, 6.07) is 4.78. The van der Waals surface area contributed by atoms with E-state index < -0.39 is 0 Å². The first-order valence-corrected chi connectivity index (χ1v) is 5.88. The molecular weight excluding hydrogens is 266 g/mol. The highest BCUT2D eigenvalue weighted by Gasteiger charge is 2.15. The summed E-state index contributed by atoms with van der Waals surface area (Å²) >= 11 is 5.95. The van der Waals surface area contributed by atoms with Crippen molar-refractivity contribution in [3.8, 4) is 17.0 Å². The molecule has 3 N–H and O–H groups in total. The molecule has 0 bridgehead atoms. The van der Waals surface area contributed by atoms with E-state index in [4.69, 9.17) is 17.3 Å². The van der Waals surface area contributed by atoms with Crippen molar-refractivity contribution >= 4 is 28.6 Å². The summed E-state index contributed by atoms with van der Waals surface area (Å²) in [6.07, 6.45) is 1.58. The molecule has 0 radical (unpaired) electrons. The largest absolute Gasteiger partial charge is 0.507 e. The van der Waals surface area contributed by atoms with Gasteiger partial charge in [0.15, 0.2) is 5.65 Å². The first-order valence-electron chi connectivity index (χ1n) is 5.50. The summed E-state index contributed by atoms with van der Waals surface area (Å²) in [7, 11) is 1.75. The van der Waals surface area contributed by atoms with E-state index >= 15 is 0 Å². The van der Waals surface area contributed by atoms with Crippen molar-refractivity contribution in [2.75, 3.05) is 5.73 Å². The van der Waals surface area contributed by atoms with Crippen LogP contribution in [0.15, 0.2) is 24.4 Å². The van der Waals surface area contributed by atoms with E-state index in [9.17, 15) is 5.11 Å². The third-order valence-electron chi connectivity index (χ3n) is 2.81. The second-order valence-corrected chi connectivity index (χ2v) is 4.54. The van der Waals surface area contributed by atoms with E-state index in [1.54, 1.807) is 30.1 Å². The molecule has 2 heterocycles. The number of rotatable bonds is 1. The fraction of sp³-hybridized carbons (Fsp3) is 0.0833. The molecule has 0 aliphatic rings. The molecule has 3 aromatic rings. The van der Waals surface area contributed by atoms with Gasteiger partial charge in [0.25, 0.3) is 0 Å². The standard InChI is InChI=1S/C12H10ClN5O/c1-18-11-8(5-15-12(14)16-11)10(17-18)7-4-6(13)2-3-9(7)19/h2-5,19H,1H3,(H2,14,15,16). The zero-order valence-corrected chi connectivity index (χ0v) is 10.8. The highest BCUT2D eigenvalue weighted by molar-refractivity contribution is 6.31. The maximum Gasteiger partial charge on any atom is 0.222 e. The summed E-state index contributed by atoms with van der Waals surface area (Å²) in [5, 5.41) is 15.5. The van der Waals surface area contributed by atoms with Gasteiger partial charge in [-0.15, -0.1) is 0 Å². The lowest BCUT2D eigenvalue weighted by atomic mass is 10.1. The zero-order valence-electron chi connectivity index (χ0n) is 10.0. The monoisotopic (exact) mass is 275 g/mol. The topological polar surface area (TPSA) is 89.8 Å². The second-order valence-electron chi connectivity index (χ2n) is 4.10. The number of aromatic nitrogens is 4. The number of aromatic hydroxyl groups is 1. The molecular formula is C12H10ClN5O. The lowest BCUT2D eigenvalue weighted by molar-refractivity contribution is 0.477. The molecule has 2 aromatic heterocycles. The van der Waals surface area contributed by atoms with E-state index in [-0.39, 0.29) is 11.7 Å². The zero-order chi connectivity index (χ0) is 13.6. The fourth-order valence-corrected chi connectivity index (χ4v) is 2.12. The van der Waals surface area contributed by atoms with Gasteiger partial charge in [-0.1, -0.05) is 11.6 Å². The number of anilines is 1. The number of halogens is 1. The number of nitrogens with two attached hydrogens (primary N) is 1. The summed E-state index contributed by atoms with van der Waals surface area (Å²) in [5.74, 6) is 0.276. The molecule has 0 aliphatic heterocycles. The second kappa shape index (κ2) is 4.10. The summed E-state index contributed by atoms with van der Waals surface area (Å²) in [4.78, 5) is 8.08. The van der Waals surface area contributed by atoms with Crippen molar-refractivity contribution in [1.29, 1.82) is 0 Å². The van der Waals surface area contributed by atoms with Crippen LogP contribution in [0.3, 0.4) is 0 Å². The lowest BCUT2D eigenvalue weighted by Crippen LogP contribution is -1.97. The Morgan fingerprint density at radius 3 is 2.95 bits per heavy atom. The number of hydrogen-bond donors (Lipinski definition) is 2. The summed E-state index contributed by atoms with van der Waals surface area (Å²) in [5.41, 5.74) is 7.26. The highest BCUT2D eigenvalue weighted by Crippen LogP contribution is 2.34. The Kier molecular flexibility index (Phi) is 2.53. The van der Waals surface area contributed by atoms with Crippen LogP contribution < -0.4 is 5.73 Å². The SMILES string of the molecule is Cn1nc(-c2cc(Cl)ccc2O)c2cnc(N)nc21. The number of phenolic OH excluding ortho intramolecular Hbond substituents is 1. The molecule has 3 rings (SSSR count). The molecule has 7 heteroatoms. The van der Waals surface area contributed by atoms with Gasteiger partial charge in [-0.3, -0.25) is 0 Å². The van der Waals surface area contributed by atoms with Gasteiger partial charge in [0.1, 0.15) is 11.4 Å². The van der Waals surface area contributed by atoms with E-state index in [0.29, 0.717) is 27.3 Å². The summed E-state index contributed by atoms with van der Waals surface area (Å²) < 4.78 is 1.59. The highest BCUT2D eigenvalue weighted by atomic mass is 35.5.